The fraction of sp³-hybridized carbons (Fsp3) is 0.400. The Kier molecular flexibility index (Phi) is 5.25. The van der Waals surface area contributed by atoms with Crippen LogP contribution in [-0.2, 0) is 0 Å². The lowest BCUT2D eigenvalue weighted by Crippen LogP contribution is -2.37. The van der Waals surface area contributed by atoms with Crippen molar-refractivity contribution in [3.63, 3.8) is 0 Å². The molecule has 0 fully saturated rings. The minimum Gasteiger partial charge on any atom is -0.409 e. The Hall–Kier alpha value is -0.980. The average molecular weight is 310 g/mol. The van der Waals surface area contributed by atoms with Gasteiger partial charge in [0, 0.05) is 19.5 Å². The van der Waals surface area contributed by atoms with Gasteiger partial charge in [-0.3, -0.25) is 4.79 Å². The van der Waals surface area contributed by atoms with Gasteiger partial charge in [-0.2, -0.15) is 0 Å². The molecule has 5 nitrogen and oxygen atoms in total. The number of amides is 1. The van der Waals surface area contributed by atoms with Gasteiger partial charge in [-0.15, -0.1) is 11.3 Å². The highest BCUT2D eigenvalue weighted by Crippen LogP contribution is 2.32. The smallest absolute Gasteiger partial charge is 0.256 e. The van der Waals surface area contributed by atoms with Gasteiger partial charge in [0.2, 0.25) is 0 Å². The summed E-state index contributed by atoms with van der Waals surface area (Å²) in [6.45, 7) is 1.79. The standard InChI is InChI=1S/C10H13Cl2N3O2S/c1-5(3-8(13)14-17)15(2)10(16)6-4-7(11)18-9(6)12/h4-5,17H,3H2,1-2H3,(H2,13,14). The minimum absolute atomic E-state index is 0.0663. The van der Waals surface area contributed by atoms with E-state index in [9.17, 15) is 4.79 Å². The molecule has 8 heteroatoms. The molecule has 18 heavy (non-hydrogen) atoms. The number of hydrogen-bond acceptors (Lipinski definition) is 4. The van der Waals surface area contributed by atoms with E-state index in [-0.39, 0.29) is 24.2 Å². The lowest BCUT2D eigenvalue weighted by molar-refractivity contribution is 0.0748. The monoisotopic (exact) mass is 309 g/mol. The molecule has 0 radical (unpaired) electrons. The molecule has 1 aromatic heterocycles. The molecular weight excluding hydrogens is 297 g/mol. The van der Waals surface area contributed by atoms with Crippen LogP contribution < -0.4 is 5.73 Å². The van der Waals surface area contributed by atoms with Crippen molar-refractivity contribution in [2.24, 2.45) is 10.9 Å². The van der Waals surface area contributed by atoms with Crippen LogP contribution in [0.25, 0.3) is 0 Å². The second-order valence-electron chi connectivity index (χ2n) is 3.80. The summed E-state index contributed by atoms with van der Waals surface area (Å²) in [5.74, 6) is -0.182. The lowest BCUT2D eigenvalue weighted by Gasteiger charge is -2.24. The number of hydrogen-bond donors (Lipinski definition) is 2. The van der Waals surface area contributed by atoms with Gasteiger partial charge in [-0.25, -0.2) is 0 Å². The number of oxime groups is 1. The lowest BCUT2D eigenvalue weighted by atomic mass is 10.2. The van der Waals surface area contributed by atoms with E-state index < -0.39 is 0 Å². The maximum absolute atomic E-state index is 12.1. The first-order chi connectivity index (χ1) is 8.36. The Morgan fingerprint density at radius 1 is 1.67 bits per heavy atom. The van der Waals surface area contributed by atoms with E-state index >= 15 is 0 Å². The van der Waals surface area contributed by atoms with Gasteiger partial charge >= 0.3 is 0 Å². The number of thiophene rings is 1. The Labute approximate surface area is 119 Å². The predicted molar refractivity (Wildman–Crippen MR) is 73.9 cm³/mol. The van der Waals surface area contributed by atoms with Crippen LogP contribution in [0.3, 0.4) is 0 Å². The van der Waals surface area contributed by atoms with Crippen molar-refractivity contribution in [3.8, 4) is 0 Å². The van der Waals surface area contributed by atoms with Gasteiger partial charge in [-0.1, -0.05) is 28.4 Å². The molecule has 0 aliphatic heterocycles. The van der Waals surface area contributed by atoms with Crippen LogP contribution >= 0.6 is 34.5 Å². The number of nitrogens with zero attached hydrogens (tertiary/aromatic N) is 2. The highest BCUT2D eigenvalue weighted by atomic mass is 35.5. The molecule has 0 saturated heterocycles. The first-order valence-corrected chi connectivity index (χ1v) is 6.62. The number of carbonyl (C=O) groups excluding carboxylic acids is 1. The van der Waals surface area contributed by atoms with Crippen LogP contribution in [0.15, 0.2) is 11.2 Å². The third-order valence-corrected chi connectivity index (χ3v) is 3.99. The maximum atomic E-state index is 12.1. The van der Waals surface area contributed by atoms with Crippen molar-refractivity contribution < 1.29 is 10.0 Å². The van der Waals surface area contributed by atoms with Crippen molar-refractivity contribution in [2.45, 2.75) is 19.4 Å². The van der Waals surface area contributed by atoms with Gasteiger partial charge < -0.3 is 15.8 Å². The highest BCUT2D eigenvalue weighted by molar-refractivity contribution is 7.20. The van der Waals surface area contributed by atoms with Gasteiger partial charge in [-0.05, 0) is 13.0 Å². The largest absolute Gasteiger partial charge is 0.409 e. The molecule has 1 heterocycles. The molecule has 1 atom stereocenters. The van der Waals surface area contributed by atoms with E-state index in [2.05, 4.69) is 5.16 Å². The van der Waals surface area contributed by atoms with Crippen LogP contribution in [-0.4, -0.2) is 34.9 Å². The number of halogens is 2. The number of carbonyl (C=O) groups is 1. The van der Waals surface area contributed by atoms with Gasteiger partial charge in [0.1, 0.15) is 10.2 Å². The van der Waals surface area contributed by atoms with E-state index in [1.165, 1.54) is 11.0 Å². The molecule has 0 saturated carbocycles. The van der Waals surface area contributed by atoms with E-state index in [0.29, 0.717) is 14.2 Å². The Bertz CT molecular complexity index is 476. The van der Waals surface area contributed by atoms with Crippen LogP contribution in [0.5, 0.6) is 0 Å². The summed E-state index contributed by atoms with van der Waals surface area (Å²) in [6, 6.07) is 1.31. The molecule has 1 unspecified atom stereocenters. The Balaban J connectivity index is 2.81. The maximum Gasteiger partial charge on any atom is 0.256 e. The average Bonchev–Trinajstić information content (AvgIpc) is 2.66. The molecule has 0 aliphatic rings. The van der Waals surface area contributed by atoms with Crippen molar-refractivity contribution in [3.05, 3.63) is 20.3 Å². The van der Waals surface area contributed by atoms with Gasteiger partial charge in [0.05, 0.1) is 9.90 Å². The molecule has 3 N–H and O–H groups in total. The SMILES string of the molecule is CC(C/C(N)=N/O)N(C)C(=O)c1cc(Cl)sc1Cl. The summed E-state index contributed by atoms with van der Waals surface area (Å²) in [5.41, 5.74) is 5.76. The summed E-state index contributed by atoms with van der Waals surface area (Å²) < 4.78 is 0.814. The molecule has 0 bridgehead atoms. The molecule has 0 aliphatic carbocycles. The van der Waals surface area contributed by atoms with E-state index in [1.807, 2.05) is 0 Å². The van der Waals surface area contributed by atoms with Crippen LogP contribution in [0.4, 0.5) is 0 Å². The van der Waals surface area contributed by atoms with Crippen LogP contribution in [0, 0.1) is 0 Å². The first-order valence-electron chi connectivity index (χ1n) is 5.05. The van der Waals surface area contributed by atoms with E-state index in [4.69, 9.17) is 34.1 Å². The Morgan fingerprint density at radius 3 is 2.72 bits per heavy atom. The molecule has 0 spiro atoms. The second kappa shape index (κ2) is 6.26. The fourth-order valence-corrected chi connectivity index (χ4v) is 2.80. The van der Waals surface area contributed by atoms with Crippen molar-refractivity contribution in [2.75, 3.05) is 7.05 Å². The zero-order valence-corrected chi connectivity index (χ0v) is 12.2. The zero-order chi connectivity index (χ0) is 13.9. The first kappa shape index (κ1) is 15.1. The number of amidine groups is 1. The summed E-state index contributed by atoms with van der Waals surface area (Å²) in [4.78, 5) is 13.6. The predicted octanol–water partition coefficient (Wildman–Crippen LogP) is 2.65. The highest BCUT2D eigenvalue weighted by Gasteiger charge is 2.22. The zero-order valence-electron chi connectivity index (χ0n) is 9.85. The normalized spacial score (nSPS) is 13.4. The summed E-state index contributed by atoms with van der Waals surface area (Å²) in [5, 5.41) is 11.4. The van der Waals surface area contributed by atoms with Gasteiger partial charge in [0.25, 0.3) is 5.91 Å². The van der Waals surface area contributed by atoms with Crippen LogP contribution in [0.1, 0.15) is 23.7 Å². The number of nitrogens with two attached hydrogens (primary N) is 1. The van der Waals surface area contributed by atoms with Crippen molar-refractivity contribution in [1.82, 2.24) is 4.90 Å². The number of rotatable bonds is 4. The molecule has 1 rings (SSSR count). The van der Waals surface area contributed by atoms with E-state index in [0.717, 1.165) is 11.3 Å². The molecule has 0 aromatic carbocycles. The summed E-state index contributed by atoms with van der Waals surface area (Å²) in [7, 11) is 1.62. The molecule has 100 valence electrons. The molecular formula is C10H13Cl2N3O2S. The van der Waals surface area contributed by atoms with Crippen LogP contribution in [0.2, 0.25) is 8.67 Å². The topological polar surface area (TPSA) is 78.9 Å². The van der Waals surface area contributed by atoms with E-state index in [1.54, 1.807) is 14.0 Å². The van der Waals surface area contributed by atoms with Gasteiger partial charge in [0.15, 0.2) is 0 Å². The molecule has 1 aromatic rings. The summed E-state index contributed by atoms with van der Waals surface area (Å²) in [6.07, 6.45) is 0.272. The Morgan fingerprint density at radius 2 is 2.28 bits per heavy atom. The summed E-state index contributed by atoms with van der Waals surface area (Å²) >= 11 is 12.9. The van der Waals surface area contributed by atoms with Crippen molar-refractivity contribution in [1.29, 1.82) is 0 Å². The molecule has 1 amide bonds. The van der Waals surface area contributed by atoms with Crippen molar-refractivity contribution >= 4 is 46.3 Å². The third kappa shape index (κ3) is 3.51. The third-order valence-electron chi connectivity index (χ3n) is 2.50. The quantitative estimate of drug-likeness (QED) is 0.388. The second-order valence-corrected chi connectivity index (χ2v) is 6.08. The fourth-order valence-electron chi connectivity index (χ4n) is 1.36. The minimum atomic E-state index is -0.249.